The average molecular weight is 715 g/mol. The highest BCUT2D eigenvalue weighted by Crippen LogP contribution is 2.39. The summed E-state index contributed by atoms with van der Waals surface area (Å²) in [4.78, 5) is 0. The van der Waals surface area contributed by atoms with Crippen LogP contribution in [-0.2, 0) is 0 Å². The van der Waals surface area contributed by atoms with Crippen LogP contribution in [0.1, 0.15) is 5.69 Å². The van der Waals surface area contributed by atoms with Gasteiger partial charge in [-0.3, -0.25) is 0 Å². The number of hydrogen-bond acceptors (Lipinski definition) is 0. The van der Waals surface area contributed by atoms with Gasteiger partial charge in [-0.2, -0.15) is 0 Å². The summed E-state index contributed by atoms with van der Waals surface area (Å²) in [6.07, 6.45) is 5.78. The molecule has 0 aliphatic carbocycles. The molecule has 0 fully saturated rings. The van der Waals surface area contributed by atoms with Crippen molar-refractivity contribution in [3.05, 3.63) is 225 Å². The Bertz CT molecular complexity index is 3120. The lowest BCUT2D eigenvalue weighted by Crippen LogP contribution is -1.99. The van der Waals surface area contributed by atoms with Gasteiger partial charge in [-0.15, -0.1) is 0 Å². The van der Waals surface area contributed by atoms with Crippen molar-refractivity contribution in [3.63, 3.8) is 0 Å². The van der Waals surface area contributed by atoms with Crippen LogP contribution in [0.3, 0.4) is 0 Å². The smallest absolute Gasteiger partial charge is 0.0542 e. The Morgan fingerprint density at radius 1 is 0.429 bits per heavy atom. The van der Waals surface area contributed by atoms with Crippen LogP contribution < -0.4 is 0 Å². The van der Waals surface area contributed by atoms with Crippen molar-refractivity contribution in [2.24, 2.45) is 0 Å². The monoisotopic (exact) mass is 714 g/mol. The first-order chi connectivity index (χ1) is 27.6. The molecule has 0 saturated carbocycles. The van der Waals surface area contributed by atoms with Gasteiger partial charge in [0.1, 0.15) is 0 Å². The maximum absolute atomic E-state index is 4.51. The molecule has 2 aromatic heterocycles. The molecule has 0 aliphatic rings. The standard InChI is InChI=1S/C54H38N2/c1-3-4-14-37(2)51-33-43-35-54-44(36-53(43)55(51)45-29-25-40(26-30-45)49-23-12-19-38-15-8-10-21-47(38)49)34-52(42-17-6-5-7-18-42)56(54)46-31-27-41(28-32-46)50-24-13-20-39-16-9-11-22-48(39)50/h3-36H,1-2H2/b14-4-. The van der Waals surface area contributed by atoms with Gasteiger partial charge >= 0.3 is 0 Å². The lowest BCUT2D eigenvalue weighted by Gasteiger charge is -2.14. The molecule has 56 heavy (non-hydrogen) atoms. The van der Waals surface area contributed by atoms with E-state index in [-0.39, 0.29) is 0 Å². The minimum Gasteiger partial charge on any atom is -0.309 e. The highest BCUT2D eigenvalue weighted by atomic mass is 15.0. The van der Waals surface area contributed by atoms with Crippen LogP contribution >= 0.6 is 0 Å². The molecule has 0 N–H and O–H groups in total. The van der Waals surface area contributed by atoms with E-state index in [1.54, 1.807) is 6.08 Å². The summed E-state index contributed by atoms with van der Waals surface area (Å²) in [5.74, 6) is 0. The molecule has 0 atom stereocenters. The van der Waals surface area contributed by atoms with E-state index in [1.807, 2.05) is 12.2 Å². The van der Waals surface area contributed by atoms with Crippen LogP contribution in [0.25, 0.3) is 93.8 Å². The molecule has 10 rings (SSSR count). The number of allylic oxidation sites excluding steroid dienone is 4. The summed E-state index contributed by atoms with van der Waals surface area (Å²) in [6, 6.07) is 68.1. The normalized spacial score (nSPS) is 11.6. The third-order valence-corrected chi connectivity index (χ3v) is 11.0. The van der Waals surface area contributed by atoms with Crippen LogP contribution in [0.2, 0.25) is 0 Å². The molecule has 0 saturated heterocycles. The van der Waals surface area contributed by atoms with E-state index in [1.165, 1.54) is 54.7 Å². The van der Waals surface area contributed by atoms with Crippen molar-refractivity contribution in [2.45, 2.75) is 0 Å². The zero-order chi connectivity index (χ0) is 37.6. The highest BCUT2D eigenvalue weighted by Gasteiger charge is 2.19. The second-order valence-corrected chi connectivity index (χ2v) is 14.3. The number of fused-ring (bicyclic) bond motifs is 4. The SMILES string of the molecule is C=C/C=C\C(=C)c1cc2cc3c(cc(-c4ccccc4)n3-c3ccc(-c4cccc5ccccc45)cc3)cc2n1-c1ccc(-c2cccc3ccccc23)cc1. The first-order valence-electron chi connectivity index (χ1n) is 19.1. The van der Waals surface area contributed by atoms with Crippen molar-refractivity contribution >= 4 is 48.9 Å². The molecule has 2 heterocycles. The molecule has 264 valence electrons. The van der Waals surface area contributed by atoms with Crippen LogP contribution in [0.4, 0.5) is 0 Å². The largest absolute Gasteiger partial charge is 0.309 e. The summed E-state index contributed by atoms with van der Waals surface area (Å²) < 4.78 is 4.75. The summed E-state index contributed by atoms with van der Waals surface area (Å²) in [5.41, 5.74) is 13.6. The van der Waals surface area contributed by atoms with Crippen molar-refractivity contribution in [1.82, 2.24) is 9.13 Å². The van der Waals surface area contributed by atoms with Crippen molar-refractivity contribution < 1.29 is 0 Å². The topological polar surface area (TPSA) is 9.86 Å². The van der Waals surface area contributed by atoms with E-state index >= 15 is 0 Å². The maximum Gasteiger partial charge on any atom is 0.0542 e. The van der Waals surface area contributed by atoms with Gasteiger partial charge < -0.3 is 9.13 Å². The predicted molar refractivity (Wildman–Crippen MR) is 240 cm³/mol. The molecule has 0 unspecified atom stereocenters. The second-order valence-electron chi connectivity index (χ2n) is 14.3. The Kier molecular flexibility index (Phi) is 8.16. The van der Waals surface area contributed by atoms with Crippen molar-refractivity contribution in [1.29, 1.82) is 0 Å². The molecular formula is C54H38N2. The van der Waals surface area contributed by atoms with E-state index < -0.39 is 0 Å². The summed E-state index contributed by atoms with van der Waals surface area (Å²) in [5, 5.41) is 7.31. The molecule has 0 aliphatic heterocycles. The highest BCUT2D eigenvalue weighted by molar-refractivity contribution is 6.03. The number of rotatable bonds is 8. The van der Waals surface area contributed by atoms with Gasteiger partial charge in [-0.05, 0) is 103 Å². The third kappa shape index (κ3) is 5.68. The van der Waals surface area contributed by atoms with E-state index in [4.69, 9.17) is 0 Å². The molecule has 8 aromatic carbocycles. The summed E-state index contributed by atoms with van der Waals surface area (Å²) in [7, 11) is 0. The number of hydrogen-bond donors (Lipinski definition) is 0. The van der Waals surface area contributed by atoms with Crippen LogP contribution in [0, 0.1) is 0 Å². The maximum atomic E-state index is 4.51. The molecule has 2 heteroatoms. The van der Waals surface area contributed by atoms with Gasteiger partial charge in [0.05, 0.1) is 22.4 Å². The first kappa shape index (κ1) is 33.2. The van der Waals surface area contributed by atoms with Crippen molar-refractivity contribution in [2.75, 3.05) is 0 Å². The summed E-state index contributed by atoms with van der Waals surface area (Å²) >= 11 is 0. The van der Waals surface area contributed by atoms with E-state index in [0.717, 1.165) is 44.8 Å². The lowest BCUT2D eigenvalue weighted by atomic mass is 9.98. The zero-order valence-electron chi connectivity index (χ0n) is 30.9. The van der Waals surface area contributed by atoms with Gasteiger partial charge in [-0.25, -0.2) is 0 Å². The van der Waals surface area contributed by atoms with E-state index in [9.17, 15) is 0 Å². The van der Waals surface area contributed by atoms with Crippen LogP contribution in [0.5, 0.6) is 0 Å². The third-order valence-electron chi connectivity index (χ3n) is 11.0. The van der Waals surface area contributed by atoms with E-state index in [0.29, 0.717) is 0 Å². The summed E-state index contributed by atoms with van der Waals surface area (Å²) in [6.45, 7) is 8.42. The fraction of sp³-hybridized carbons (Fsp3) is 0. The van der Waals surface area contributed by atoms with Gasteiger partial charge in [0.25, 0.3) is 0 Å². The van der Waals surface area contributed by atoms with E-state index in [2.05, 4.69) is 210 Å². The van der Waals surface area contributed by atoms with Crippen LogP contribution in [0.15, 0.2) is 219 Å². The average Bonchev–Trinajstić information content (AvgIpc) is 3.83. The van der Waals surface area contributed by atoms with Gasteiger partial charge in [0.15, 0.2) is 0 Å². The molecular weight excluding hydrogens is 677 g/mol. The molecule has 0 amide bonds. The molecule has 0 bridgehead atoms. The van der Waals surface area contributed by atoms with Gasteiger partial charge in [0.2, 0.25) is 0 Å². The number of aromatic nitrogens is 2. The zero-order valence-corrected chi connectivity index (χ0v) is 30.9. The second kappa shape index (κ2) is 13.8. The Labute approximate surface area is 326 Å². The number of nitrogens with zero attached hydrogens (tertiary/aromatic N) is 2. The quantitative estimate of drug-likeness (QED) is 0.139. The lowest BCUT2D eigenvalue weighted by molar-refractivity contribution is 1.10. The Morgan fingerprint density at radius 2 is 0.929 bits per heavy atom. The molecule has 0 spiro atoms. The first-order valence-corrected chi connectivity index (χ1v) is 19.1. The fourth-order valence-corrected chi connectivity index (χ4v) is 8.33. The minimum atomic E-state index is 0.917. The Hall–Kier alpha value is -7.42. The number of benzene rings is 8. The minimum absolute atomic E-state index is 0.917. The molecule has 10 aromatic rings. The molecule has 2 nitrogen and oxygen atoms in total. The predicted octanol–water partition coefficient (Wildman–Crippen LogP) is 14.6. The van der Waals surface area contributed by atoms with Crippen LogP contribution in [-0.4, -0.2) is 9.13 Å². The Balaban J connectivity index is 1.14. The van der Waals surface area contributed by atoms with Gasteiger partial charge in [-0.1, -0.05) is 171 Å². The fourth-order valence-electron chi connectivity index (χ4n) is 8.33. The van der Waals surface area contributed by atoms with Gasteiger partial charge in [0, 0.05) is 22.1 Å². The molecule has 0 radical (unpaired) electrons. The van der Waals surface area contributed by atoms with Crippen molar-refractivity contribution in [3.8, 4) is 44.9 Å². The Morgan fingerprint density at radius 3 is 1.52 bits per heavy atom.